The molecule has 2 aliphatic heterocycles. The van der Waals surface area contributed by atoms with E-state index < -0.39 is 6.10 Å². The second kappa shape index (κ2) is 9.59. The predicted molar refractivity (Wildman–Crippen MR) is 113 cm³/mol. The number of rotatable bonds is 5. The lowest BCUT2D eigenvalue weighted by atomic mass is 9.95. The number of hydrogen-bond acceptors (Lipinski definition) is 5. The maximum atomic E-state index is 13.0. The van der Waals surface area contributed by atoms with Crippen molar-refractivity contribution in [1.29, 1.82) is 0 Å². The zero-order chi connectivity index (χ0) is 19.5. The highest BCUT2D eigenvalue weighted by Crippen LogP contribution is 2.29. The Balaban J connectivity index is 0.00000240. The summed E-state index contributed by atoms with van der Waals surface area (Å²) < 4.78 is 8.32. The molecular formula is C21H30ClN5O2. The number of carbonyl (C=O) groups is 1. The molecule has 2 aliphatic rings. The average Bonchev–Trinajstić information content (AvgIpc) is 3.17. The largest absolute Gasteiger partial charge is 0.480 e. The molecule has 0 bridgehead atoms. The van der Waals surface area contributed by atoms with E-state index in [1.54, 1.807) is 0 Å². The third kappa shape index (κ3) is 4.56. The number of likely N-dealkylation sites (tertiary alicyclic amines) is 1. The number of amides is 1. The Morgan fingerprint density at radius 1 is 1.24 bits per heavy atom. The zero-order valence-electron chi connectivity index (χ0n) is 17.1. The van der Waals surface area contributed by atoms with E-state index in [-0.39, 0.29) is 18.3 Å². The van der Waals surface area contributed by atoms with Gasteiger partial charge >= 0.3 is 0 Å². The van der Waals surface area contributed by atoms with Crippen LogP contribution in [0.5, 0.6) is 5.75 Å². The van der Waals surface area contributed by atoms with Gasteiger partial charge < -0.3 is 19.5 Å². The van der Waals surface area contributed by atoms with Gasteiger partial charge in [0.2, 0.25) is 0 Å². The molecule has 8 heteroatoms. The average molecular weight is 420 g/mol. The molecule has 1 fully saturated rings. The van der Waals surface area contributed by atoms with Crippen molar-refractivity contribution in [3.05, 3.63) is 41.5 Å². The van der Waals surface area contributed by atoms with E-state index in [0.717, 1.165) is 68.5 Å². The zero-order valence-corrected chi connectivity index (χ0v) is 18.0. The molecule has 4 rings (SSSR count). The van der Waals surface area contributed by atoms with Crippen LogP contribution < -0.4 is 10.1 Å². The second-order valence-electron chi connectivity index (χ2n) is 7.68. The van der Waals surface area contributed by atoms with Gasteiger partial charge in [0, 0.05) is 32.1 Å². The summed E-state index contributed by atoms with van der Waals surface area (Å²) in [5.41, 5.74) is 1.05. The smallest absolute Gasteiger partial charge is 0.263 e. The third-order valence-corrected chi connectivity index (χ3v) is 5.83. The minimum atomic E-state index is -0.426. The van der Waals surface area contributed by atoms with E-state index >= 15 is 0 Å². The standard InChI is InChI=1S/C21H29N5O2.ClH/c1-3-17(28-18-7-5-4-6-15(18)2)21(27)25-11-8-16(9-12-25)20-24-23-19-14-22-10-13-26(19)20;/h4-7,16-17,22H,3,8-14H2,1-2H3;1H. The molecule has 158 valence electrons. The molecule has 0 spiro atoms. The van der Waals surface area contributed by atoms with E-state index in [0.29, 0.717) is 12.3 Å². The van der Waals surface area contributed by atoms with Crippen LogP contribution in [0.1, 0.15) is 49.3 Å². The molecule has 1 N–H and O–H groups in total. The number of piperidine rings is 1. The Morgan fingerprint density at radius 2 is 2.00 bits per heavy atom. The monoisotopic (exact) mass is 419 g/mol. The summed E-state index contributed by atoms with van der Waals surface area (Å²) in [6, 6.07) is 7.86. The molecule has 2 aromatic rings. The maximum absolute atomic E-state index is 13.0. The molecule has 0 saturated carbocycles. The van der Waals surface area contributed by atoms with Crippen LogP contribution >= 0.6 is 12.4 Å². The molecule has 1 atom stereocenters. The lowest BCUT2D eigenvalue weighted by Gasteiger charge is -2.34. The summed E-state index contributed by atoms with van der Waals surface area (Å²) in [7, 11) is 0. The van der Waals surface area contributed by atoms with Crippen LogP contribution in [0.2, 0.25) is 0 Å². The van der Waals surface area contributed by atoms with Crippen molar-refractivity contribution in [3.8, 4) is 5.75 Å². The lowest BCUT2D eigenvalue weighted by Crippen LogP contribution is -2.45. The van der Waals surface area contributed by atoms with Crippen LogP contribution in [0, 0.1) is 6.92 Å². The van der Waals surface area contributed by atoms with E-state index in [9.17, 15) is 4.79 Å². The Labute approximate surface area is 178 Å². The first-order chi connectivity index (χ1) is 13.7. The van der Waals surface area contributed by atoms with Gasteiger partial charge in [-0.15, -0.1) is 22.6 Å². The minimum Gasteiger partial charge on any atom is -0.480 e. The van der Waals surface area contributed by atoms with E-state index in [1.165, 1.54) is 0 Å². The number of para-hydroxylation sites is 1. The van der Waals surface area contributed by atoms with Crippen molar-refractivity contribution in [2.75, 3.05) is 19.6 Å². The second-order valence-corrected chi connectivity index (χ2v) is 7.68. The number of aryl methyl sites for hydroxylation is 1. The van der Waals surface area contributed by atoms with E-state index in [4.69, 9.17) is 4.74 Å². The predicted octanol–water partition coefficient (Wildman–Crippen LogP) is 2.68. The Kier molecular flexibility index (Phi) is 7.14. The van der Waals surface area contributed by atoms with Crippen molar-refractivity contribution in [2.24, 2.45) is 0 Å². The van der Waals surface area contributed by atoms with Crippen LogP contribution in [-0.4, -0.2) is 51.3 Å². The molecule has 1 amide bonds. The minimum absolute atomic E-state index is 0. The number of aromatic nitrogens is 3. The molecule has 7 nitrogen and oxygen atoms in total. The fourth-order valence-corrected chi connectivity index (χ4v) is 4.13. The lowest BCUT2D eigenvalue weighted by molar-refractivity contribution is -0.140. The van der Waals surface area contributed by atoms with Gasteiger partial charge in [-0.2, -0.15) is 0 Å². The van der Waals surface area contributed by atoms with Crippen molar-refractivity contribution in [1.82, 2.24) is 25.0 Å². The Morgan fingerprint density at radius 3 is 2.72 bits per heavy atom. The molecule has 1 saturated heterocycles. The van der Waals surface area contributed by atoms with Gasteiger partial charge in [0.25, 0.3) is 5.91 Å². The maximum Gasteiger partial charge on any atom is 0.263 e. The fourth-order valence-electron chi connectivity index (χ4n) is 4.13. The number of nitrogens with zero attached hydrogens (tertiary/aromatic N) is 4. The number of benzene rings is 1. The fraction of sp³-hybridized carbons (Fsp3) is 0.571. The third-order valence-electron chi connectivity index (χ3n) is 5.83. The molecule has 1 aromatic heterocycles. The van der Waals surface area contributed by atoms with Gasteiger partial charge in [0.05, 0.1) is 6.54 Å². The Hall–Kier alpha value is -2.12. The van der Waals surface area contributed by atoms with E-state index in [2.05, 4.69) is 20.1 Å². The van der Waals surface area contributed by atoms with Crippen LogP contribution in [0.15, 0.2) is 24.3 Å². The van der Waals surface area contributed by atoms with Crippen molar-refractivity contribution in [3.63, 3.8) is 0 Å². The van der Waals surface area contributed by atoms with Crippen LogP contribution in [0.4, 0.5) is 0 Å². The van der Waals surface area contributed by atoms with Gasteiger partial charge in [-0.1, -0.05) is 25.1 Å². The normalized spacial score (nSPS) is 17.9. The summed E-state index contributed by atoms with van der Waals surface area (Å²) in [4.78, 5) is 15.0. The number of ether oxygens (including phenoxy) is 1. The van der Waals surface area contributed by atoms with E-state index in [1.807, 2.05) is 43.0 Å². The highest BCUT2D eigenvalue weighted by atomic mass is 35.5. The number of halogens is 1. The summed E-state index contributed by atoms with van der Waals surface area (Å²) >= 11 is 0. The summed E-state index contributed by atoms with van der Waals surface area (Å²) in [5, 5.41) is 12.1. The number of nitrogens with one attached hydrogen (secondary N) is 1. The van der Waals surface area contributed by atoms with Gasteiger partial charge in [-0.3, -0.25) is 4.79 Å². The molecule has 0 radical (unpaired) electrons. The molecule has 3 heterocycles. The Bertz CT molecular complexity index is 832. The van der Waals surface area contributed by atoms with Gasteiger partial charge in [0.1, 0.15) is 17.4 Å². The molecular weight excluding hydrogens is 390 g/mol. The summed E-state index contributed by atoms with van der Waals surface area (Å²) in [6.07, 6.45) is 2.10. The van der Waals surface area contributed by atoms with Gasteiger partial charge in [-0.25, -0.2) is 0 Å². The summed E-state index contributed by atoms with van der Waals surface area (Å²) in [5.74, 6) is 3.38. The number of hydrogen-bond donors (Lipinski definition) is 1. The first kappa shape index (κ1) is 21.6. The topological polar surface area (TPSA) is 72.3 Å². The highest BCUT2D eigenvalue weighted by molar-refractivity contribution is 5.85. The van der Waals surface area contributed by atoms with Gasteiger partial charge in [0.15, 0.2) is 6.10 Å². The quantitative estimate of drug-likeness (QED) is 0.806. The molecule has 0 aliphatic carbocycles. The van der Waals surface area contributed by atoms with Crippen LogP contribution in [-0.2, 0) is 17.9 Å². The molecule has 1 unspecified atom stereocenters. The highest BCUT2D eigenvalue weighted by Gasteiger charge is 2.32. The van der Waals surface area contributed by atoms with Crippen molar-refractivity contribution >= 4 is 18.3 Å². The molecule has 29 heavy (non-hydrogen) atoms. The van der Waals surface area contributed by atoms with Crippen molar-refractivity contribution < 1.29 is 9.53 Å². The number of fused-ring (bicyclic) bond motifs is 1. The molecule has 1 aromatic carbocycles. The SMILES string of the molecule is CCC(Oc1ccccc1C)C(=O)N1CCC(c2nnc3n2CCNC3)CC1.Cl. The van der Waals surface area contributed by atoms with Crippen molar-refractivity contribution in [2.45, 2.75) is 58.2 Å². The first-order valence-corrected chi connectivity index (χ1v) is 10.3. The van der Waals surface area contributed by atoms with Gasteiger partial charge in [-0.05, 0) is 37.8 Å². The number of carbonyl (C=O) groups excluding carboxylic acids is 1. The first-order valence-electron chi connectivity index (χ1n) is 10.3. The van der Waals surface area contributed by atoms with Crippen LogP contribution in [0.25, 0.3) is 0 Å². The summed E-state index contributed by atoms with van der Waals surface area (Å²) in [6.45, 7) is 8.19. The van der Waals surface area contributed by atoms with Crippen LogP contribution in [0.3, 0.4) is 0 Å².